The van der Waals surface area contributed by atoms with Crippen LogP contribution in [-0.4, -0.2) is 16.2 Å². The normalized spacial score (nSPS) is 15.8. The number of rotatable bonds is 2. The molecule has 22 heavy (non-hydrogen) atoms. The molecule has 0 saturated heterocycles. The third-order valence-electron chi connectivity index (χ3n) is 3.19. The maximum Gasteiger partial charge on any atom is 0.336 e. The van der Waals surface area contributed by atoms with Crippen LogP contribution in [0.15, 0.2) is 58.8 Å². The predicted octanol–water partition coefficient (Wildman–Crippen LogP) is 3.84. The smallest absolute Gasteiger partial charge is 0.336 e. The van der Waals surface area contributed by atoms with Gasteiger partial charge in [0.05, 0.1) is 4.47 Å². The van der Waals surface area contributed by atoms with Gasteiger partial charge in [-0.1, -0.05) is 18.2 Å². The number of halogens is 1. The lowest BCUT2D eigenvalue weighted by Crippen LogP contribution is -1.91. The summed E-state index contributed by atoms with van der Waals surface area (Å²) in [7, 11) is 0. The summed E-state index contributed by atoms with van der Waals surface area (Å²) < 4.78 is 5.76. The van der Waals surface area contributed by atoms with Gasteiger partial charge in [0.2, 0.25) is 0 Å². The average molecular weight is 359 g/mol. The van der Waals surface area contributed by atoms with Crippen molar-refractivity contribution in [2.24, 2.45) is 0 Å². The number of aromatic hydroxyl groups is 2. The minimum Gasteiger partial charge on any atom is -0.508 e. The van der Waals surface area contributed by atoms with E-state index in [1.54, 1.807) is 48.5 Å². The molecule has 2 aromatic carbocycles. The highest BCUT2D eigenvalue weighted by Gasteiger charge is 2.22. The molecule has 0 unspecified atom stereocenters. The highest BCUT2D eigenvalue weighted by atomic mass is 79.9. The number of benzene rings is 2. The van der Waals surface area contributed by atoms with E-state index in [2.05, 4.69) is 15.9 Å². The molecule has 0 spiro atoms. The summed E-state index contributed by atoms with van der Waals surface area (Å²) in [6.07, 6.45) is 3.13. The van der Waals surface area contributed by atoms with Gasteiger partial charge in [-0.15, -0.1) is 0 Å². The summed E-state index contributed by atoms with van der Waals surface area (Å²) in [5.41, 5.74) is 2.19. The van der Waals surface area contributed by atoms with Crippen molar-refractivity contribution in [3.63, 3.8) is 0 Å². The second kappa shape index (κ2) is 5.69. The molecule has 0 aliphatic carbocycles. The summed E-state index contributed by atoms with van der Waals surface area (Å²) in [6.45, 7) is 0. The van der Waals surface area contributed by atoms with Crippen LogP contribution in [0.4, 0.5) is 0 Å². The molecule has 0 fully saturated rings. The Labute approximate surface area is 135 Å². The van der Waals surface area contributed by atoms with Crippen LogP contribution < -0.4 is 0 Å². The molecule has 0 atom stereocenters. The molecule has 1 aliphatic rings. The molecule has 1 heterocycles. The molecular formula is C17H11BrO4. The number of ether oxygens (including phenoxy) is 1. The quantitative estimate of drug-likeness (QED) is 0.800. The van der Waals surface area contributed by atoms with Gasteiger partial charge in [0, 0.05) is 11.6 Å². The van der Waals surface area contributed by atoms with Crippen molar-refractivity contribution in [3.05, 3.63) is 69.9 Å². The van der Waals surface area contributed by atoms with Crippen molar-refractivity contribution >= 4 is 33.5 Å². The van der Waals surface area contributed by atoms with Crippen molar-refractivity contribution in [2.45, 2.75) is 0 Å². The van der Waals surface area contributed by atoms with Crippen LogP contribution in [0.25, 0.3) is 11.6 Å². The molecule has 1 aliphatic heterocycles. The van der Waals surface area contributed by atoms with E-state index in [-0.39, 0.29) is 11.5 Å². The van der Waals surface area contributed by atoms with Crippen molar-refractivity contribution in [2.75, 3.05) is 0 Å². The number of hydrogen-bond donors (Lipinski definition) is 2. The standard InChI is InChI=1S/C17H11BrO4/c18-14-8-11(3-6-15(14)20)13-9-17(21)22-16(13)7-10-1-4-12(19)5-2-10/h1-9,19-20H/b16-7-. The van der Waals surface area contributed by atoms with E-state index < -0.39 is 5.97 Å². The molecule has 2 aromatic rings. The summed E-state index contributed by atoms with van der Waals surface area (Å²) >= 11 is 3.25. The second-order valence-corrected chi connectivity index (χ2v) is 5.60. The summed E-state index contributed by atoms with van der Waals surface area (Å²) in [5, 5.41) is 18.9. The number of phenolic OH excluding ortho intramolecular Hbond substituents is 2. The van der Waals surface area contributed by atoms with Crippen LogP contribution in [0.5, 0.6) is 11.5 Å². The Kier molecular flexibility index (Phi) is 3.73. The second-order valence-electron chi connectivity index (χ2n) is 4.75. The van der Waals surface area contributed by atoms with Crippen molar-refractivity contribution in [1.29, 1.82) is 0 Å². The number of allylic oxidation sites excluding steroid dienone is 1. The molecule has 0 aromatic heterocycles. The zero-order chi connectivity index (χ0) is 15.7. The predicted molar refractivity (Wildman–Crippen MR) is 86.0 cm³/mol. The van der Waals surface area contributed by atoms with E-state index in [4.69, 9.17) is 4.74 Å². The molecule has 5 heteroatoms. The third kappa shape index (κ3) is 2.89. The number of cyclic esters (lactones) is 1. The van der Waals surface area contributed by atoms with Gasteiger partial charge in [0.1, 0.15) is 17.3 Å². The molecule has 0 amide bonds. The fraction of sp³-hybridized carbons (Fsp3) is 0. The molecule has 0 bridgehead atoms. The van der Waals surface area contributed by atoms with Gasteiger partial charge < -0.3 is 14.9 Å². The van der Waals surface area contributed by atoms with E-state index in [9.17, 15) is 15.0 Å². The summed E-state index contributed by atoms with van der Waals surface area (Å²) in [6, 6.07) is 11.5. The summed E-state index contributed by atoms with van der Waals surface area (Å²) in [4.78, 5) is 11.6. The number of carbonyl (C=O) groups is 1. The van der Waals surface area contributed by atoms with Crippen molar-refractivity contribution < 1.29 is 19.7 Å². The van der Waals surface area contributed by atoms with Gasteiger partial charge >= 0.3 is 5.97 Å². The van der Waals surface area contributed by atoms with Gasteiger partial charge in [-0.25, -0.2) is 4.79 Å². The van der Waals surface area contributed by atoms with Crippen molar-refractivity contribution in [3.8, 4) is 11.5 Å². The third-order valence-corrected chi connectivity index (χ3v) is 3.82. The molecular weight excluding hydrogens is 348 g/mol. The zero-order valence-electron chi connectivity index (χ0n) is 11.3. The SMILES string of the molecule is O=C1C=C(c2ccc(O)c(Br)c2)/C(=C/c2ccc(O)cc2)O1. The highest BCUT2D eigenvalue weighted by molar-refractivity contribution is 9.10. The Hall–Kier alpha value is -2.53. The van der Waals surface area contributed by atoms with E-state index in [1.165, 1.54) is 6.08 Å². The largest absolute Gasteiger partial charge is 0.508 e. The summed E-state index contributed by atoms with van der Waals surface area (Å²) in [5.74, 6) is 0.278. The Morgan fingerprint density at radius 1 is 1.05 bits per heavy atom. The molecule has 110 valence electrons. The zero-order valence-corrected chi connectivity index (χ0v) is 12.9. The molecule has 3 rings (SSSR count). The highest BCUT2D eigenvalue weighted by Crippen LogP contribution is 2.34. The number of hydrogen-bond acceptors (Lipinski definition) is 4. The van der Waals surface area contributed by atoms with Crippen LogP contribution in [0.1, 0.15) is 11.1 Å². The van der Waals surface area contributed by atoms with Crippen LogP contribution in [0, 0.1) is 0 Å². The molecule has 2 N–H and O–H groups in total. The van der Waals surface area contributed by atoms with E-state index in [0.717, 1.165) is 11.1 Å². The van der Waals surface area contributed by atoms with Gasteiger partial charge in [0.15, 0.2) is 0 Å². The molecule has 0 radical (unpaired) electrons. The maximum atomic E-state index is 11.6. The Bertz CT molecular complexity index is 804. The van der Waals surface area contributed by atoms with Crippen LogP contribution in [0.2, 0.25) is 0 Å². The van der Waals surface area contributed by atoms with Gasteiger partial charge in [-0.05, 0) is 57.4 Å². The monoisotopic (exact) mass is 358 g/mol. The first kappa shape index (κ1) is 14.4. The number of esters is 1. The van der Waals surface area contributed by atoms with Crippen LogP contribution >= 0.6 is 15.9 Å². The Morgan fingerprint density at radius 2 is 1.77 bits per heavy atom. The lowest BCUT2D eigenvalue weighted by atomic mass is 10.0. The first-order chi connectivity index (χ1) is 10.5. The average Bonchev–Trinajstić information content (AvgIpc) is 2.85. The number of carbonyl (C=O) groups excluding carboxylic acids is 1. The Balaban J connectivity index is 2.01. The van der Waals surface area contributed by atoms with E-state index in [1.807, 2.05) is 0 Å². The van der Waals surface area contributed by atoms with E-state index >= 15 is 0 Å². The van der Waals surface area contributed by atoms with Crippen LogP contribution in [0.3, 0.4) is 0 Å². The van der Waals surface area contributed by atoms with Crippen LogP contribution in [-0.2, 0) is 9.53 Å². The number of phenols is 2. The topological polar surface area (TPSA) is 66.8 Å². The van der Waals surface area contributed by atoms with Crippen molar-refractivity contribution in [1.82, 2.24) is 0 Å². The van der Waals surface area contributed by atoms with Gasteiger partial charge in [-0.3, -0.25) is 0 Å². The fourth-order valence-electron chi connectivity index (χ4n) is 2.11. The lowest BCUT2D eigenvalue weighted by molar-refractivity contribution is -0.132. The van der Waals surface area contributed by atoms with E-state index in [0.29, 0.717) is 15.8 Å². The first-order valence-corrected chi connectivity index (χ1v) is 7.26. The van der Waals surface area contributed by atoms with Gasteiger partial charge in [-0.2, -0.15) is 0 Å². The van der Waals surface area contributed by atoms with Gasteiger partial charge in [0.25, 0.3) is 0 Å². The maximum absolute atomic E-state index is 11.6. The fourth-order valence-corrected chi connectivity index (χ4v) is 2.49. The minimum atomic E-state index is -0.441. The first-order valence-electron chi connectivity index (χ1n) is 6.46. The lowest BCUT2D eigenvalue weighted by Gasteiger charge is -2.06. The Morgan fingerprint density at radius 3 is 2.45 bits per heavy atom. The minimum absolute atomic E-state index is 0.124. The molecule has 0 saturated carbocycles. The molecule has 4 nitrogen and oxygen atoms in total.